The molecule has 0 unspecified atom stereocenters. The van der Waals surface area contributed by atoms with Crippen LogP contribution in [0.15, 0.2) is 42.0 Å². The summed E-state index contributed by atoms with van der Waals surface area (Å²) in [6.45, 7) is 0.716. The summed E-state index contributed by atoms with van der Waals surface area (Å²) in [6.07, 6.45) is 0. The number of likely N-dealkylation sites (N-methyl/N-ethyl adjacent to an activating group) is 1. The summed E-state index contributed by atoms with van der Waals surface area (Å²) < 4.78 is 29.9. The molecule has 0 bridgehead atoms. The Morgan fingerprint density at radius 2 is 1.64 bits per heavy atom. The van der Waals surface area contributed by atoms with Crippen LogP contribution in [0.5, 0.6) is 17.2 Å². The van der Waals surface area contributed by atoms with Crippen LogP contribution in [0.4, 0.5) is 4.39 Å². The van der Waals surface area contributed by atoms with Crippen LogP contribution in [0.25, 0.3) is 5.76 Å². The number of halogens is 1. The van der Waals surface area contributed by atoms with Gasteiger partial charge in [-0.3, -0.25) is 9.59 Å². The standard InChI is InChI=1S/C24H27FN2O6/c1-26(2)10-11-27-21(14-6-8-18(32-4)19(12-14)33-5)20(23(29)24(27)30)22(28)16-13-15(25)7-9-17(16)31-3/h6-9,12-13,21,28H,10-11H2,1-5H3/b22-20+/t21-/m1/s1. The molecule has 0 radical (unpaired) electrons. The number of ketones is 1. The fraction of sp³-hybridized carbons (Fsp3) is 0.333. The average molecular weight is 458 g/mol. The Bertz CT molecular complexity index is 1100. The molecule has 0 spiro atoms. The van der Waals surface area contributed by atoms with Crippen LogP contribution in [-0.2, 0) is 9.59 Å². The van der Waals surface area contributed by atoms with Gasteiger partial charge in [-0.05, 0) is 50.0 Å². The van der Waals surface area contributed by atoms with Crippen molar-refractivity contribution in [3.05, 3.63) is 58.9 Å². The van der Waals surface area contributed by atoms with Gasteiger partial charge in [0.25, 0.3) is 11.7 Å². The fourth-order valence-corrected chi connectivity index (χ4v) is 3.80. The van der Waals surface area contributed by atoms with Gasteiger partial charge in [-0.1, -0.05) is 6.07 Å². The number of aliphatic hydroxyl groups excluding tert-OH is 1. The van der Waals surface area contributed by atoms with Crippen LogP contribution in [0, 0.1) is 5.82 Å². The molecule has 1 N–H and O–H groups in total. The number of ether oxygens (including phenoxy) is 3. The predicted octanol–water partition coefficient (Wildman–Crippen LogP) is 2.83. The van der Waals surface area contributed by atoms with Crippen molar-refractivity contribution in [1.82, 2.24) is 9.80 Å². The lowest BCUT2D eigenvalue weighted by atomic mass is 9.94. The molecule has 3 rings (SSSR count). The molecular formula is C24H27FN2O6. The number of likely N-dealkylation sites (tertiary alicyclic amines) is 1. The number of rotatable bonds is 8. The van der Waals surface area contributed by atoms with E-state index >= 15 is 0 Å². The molecule has 1 fully saturated rings. The van der Waals surface area contributed by atoms with Crippen molar-refractivity contribution >= 4 is 17.4 Å². The molecule has 1 aliphatic heterocycles. The zero-order chi connectivity index (χ0) is 24.3. The molecule has 0 aliphatic carbocycles. The molecule has 1 heterocycles. The van der Waals surface area contributed by atoms with Crippen molar-refractivity contribution < 1.29 is 33.3 Å². The predicted molar refractivity (Wildman–Crippen MR) is 120 cm³/mol. The van der Waals surface area contributed by atoms with E-state index in [1.165, 1.54) is 38.4 Å². The Kier molecular flexibility index (Phi) is 7.23. The minimum atomic E-state index is -0.919. The highest BCUT2D eigenvalue weighted by Gasteiger charge is 2.46. The SMILES string of the molecule is COc1ccc([C@@H]2/C(=C(\O)c3cc(F)ccc3OC)C(=O)C(=O)N2CCN(C)C)cc1OC. The Morgan fingerprint density at radius 3 is 2.24 bits per heavy atom. The number of nitrogens with zero attached hydrogens (tertiary/aromatic N) is 2. The summed E-state index contributed by atoms with van der Waals surface area (Å²) in [5, 5.41) is 11.2. The Labute approximate surface area is 191 Å². The molecule has 2 aromatic carbocycles. The summed E-state index contributed by atoms with van der Waals surface area (Å²) in [7, 11) is 8.03. The lowest BCUT2D eigenvalue weighted by Gasteiger charge is -2.27. The maximum absolute atomic E-state index is 14.0. The van der Waals surface area contributed by atoms with Crippen molar-refractivity contribution in [2.75, 3.05) is 48.5 Å². The third-order valence-corrected chi connectivity index (χ3v) is 5.47. The van der Waals surface area contributed by atoms with E-state index in [0.717, 1.165) is 6.07 Å². The minimum absolute atomic E-state index is 0.0198. The Hall–Kier alpha value is -3.59. The van der Waals surface area contributed by atoms with Gasteiger partial charge >= 0.3 is 0 Å². The van der Waals surface area contributed by atoms with Crippen LogP contribution in [-0.4, -0.2) is 75.1 Å². The van der Waals surface area contributed by atoms with Crippen molar-refractivity contribution in [2.45, 2.75) is 6.04 Å². The summed E-state index contributed by atoms with van der Waals surface area (Å²) >= 11 is 0. The van der Waals surface area contributed by atoms with E-state index in [0.29, 0.717) is 23.6 Å². The number of Topliss-reactive ketones (excluding diaryl/α,β-unsaturated/α-hetero) is 1. The topological polar surface area (TPSA) is 88.5 Å². The number of benzene rings is 2. The number of carbonyl (C=O) groups excluding carboxylic acids is 2. The first-order valence-corrected chi connectivity index (χ1v) is 10.2. The number of hydrogen-bond donors (Lipinski definition) is 1. The smallest absolute Gasteiger partial charge is 0.295 e. The third kappa shape index (κ3) is 4.63. The second kappa shape index (κ2) is 9.91. The molecule has 1 atom stereocenters. The summed E-state index contributed by atoms with van der Waals surface area (Å²) in [4.78, 5) is 29.4. The minimum Gasteiger partial charge on any atom is -0.507 e. The van der Waals surface area contributed by atoms with Crippen molar-refractivity contribution in [3.8, 4) is 17.2 Å². The van der Waals surface area contributed by atoms with Gasteiger partial charge < -0.3 is 29.1 Å². The zero-order valence-corrected chi connectivity index (χ0v) is 19.2. The second-order valence-corrected chi connectivity index (χ2v) is 7.75. The lowest BCUT2D eigenvalue weighted by molar-refractivity contribution is -0.140. The van der Waals surface area contributed by atoms with Gasteiger partial charge in [0.2, 0.25) is 0 Å². The molecule has 1 aliphatic rings. The summed E-state index contributed by atoms with van der Waals surface area (Å²) in [6, 6.07) is 7.66. The zero-order valence-electron chi connectivity index (χ0n) is 19.2. The summed E-state index contributed by atoms with van der Waals surface area (Å²) in [5.41, 5.74) is 0.353. The highest BCUT2D eigenvalue weighted by Crippen LogP contribution is 2.43. The number of amides is 1. The molecule has 176 valence electrons. The number of methoxy groups -OCH3 is 3. The van der Waals surface area contributed by atoms with Gasteiger partial charge in [0.05, 0.1) is 38.5 Å². The lowest BCUT2D eigenvalue weighted by Crippen LogP contribution is -2.35. The number of carbonyl (C=O) groups is 2. The molecule has 2 aromatic rings. The number of aliphatic hydroxyl groups is 1. The largest absolute Gasteiger partial charge is 0.507 e. The van der Waals surface area contributed by atoms with Gasteiger partial charge in [-0.2, -0.15) is 0 Å². The molecule has 0 saturated carbocycles. The quantitative estimate of drug-likeness (QED) is 0.370. The maximum atomic E-state index is 14.0. The normalized spacial score (nSPS) is 17.5. The molecular weight excluding hydrogens is 431 g/mol. The van der Waals surface area contributed by atoms with E-state index in [9.17, 15) is 19.1 Å². The number of hydrogen-bond acceptors (Lipinski definition) is 7. The maximum Gasteiger partial charge on any atom is 0.295 e. The van der Waals surface area contributed by atoms with E-state index in [4.69, 9.17) is 14.2 Å². The Morgan fingerprint density at radius 1 is 1.00 bits per heavy atom. The third-order valence-electron chi connectivity index (χ3n) is 5.47. The van der Waals surface area contributed by atoms with Crippen molar-refractivity contribution in [3.63, 3.8) is 0 Å². The Balaban J connectivity index is 2.25. The summed E-state index contributed by atoms with van der Waals surface area (Å²) in [5.74, 6) is -1.72. The second-order valence-electron chi connectivity index (χ2n) is 7.75. The first kappa shape index (κ1) is 24.1. The molecule has 8 nitrogen and oxygen atoms in total. The molecule has 0 aromatic heterocycles. The van der Waals surface area contributed by atoms with Crippen LogP contribution >= 0.6 is 0 Å². The van der Waals surface area contributed by atoms with Crippen molar-refractivity contribution in [1.29, 1.82) is 0 Å². The molecule has 9 heteroatoms. The van der Waals surface area contributed by atoms with E-state index in [2.05, 4.69) is 0 Å². The van der Waals surface area contributed by atoms with Crippen LogP contribution < -0.4 is 14.2 Å². The van der Waals surface area contributed by atoms with Gasteiger partial charge in [0.1, 0.15) is 17.3 Å². The highest BCUT2D eigenvalue weighted by molar-refractivity contribution is 6.46. The van der Waals surface area contributed by atoms with Gasteiger partial charge in [0.15, 0.2) is 11.5 Å². The van der Waals surface area contributed by atoms with Crippen LogP contribution in [0.1, 0.15) is 17.2 Å². The van der Waals surface area contributed by atoms with Gasteiger partial charge in [0, 0.05) is 13.1 Å². The van der Waals surface area contributed by atoms with E-state index in [-0.39, 0.29) is 23.4 Å². The molecule has 33 heavy (non-hydrogen) atoms. The average Bonchev–Trinajstić information content (AvgIpc) is 3.06. The fourth-order valence-electron chi connectivity index (χ4n) is 3.80. The van der Waals surface area contributed by atoms with E-state index < -0.39 is 29.3 Å². The van der Waals surface area contributed by atoms with Crippen LogP contribution in [0.2, 0.25) is 0 Å². The first-order valence-electron chi connectivity index (χ1n) is 10.2. The highest BCUT2D eigenvalue weighted by atomic mass is 19.1. The van der Waals surface area contributed by atoms with E-state index in [1.54, 1.807) is 18.2 Å². The monoisotopic (exact) mass is 458 g/mol. The molecule has 1 amide bonds. The van der Waals surface area contributed by atoms with Crippen molar-refractivity contribution in [2.24, 2.45) is 0 Å². The van der Waals surface area contributed by atoms with Gasteiger partial charge in [-0.15, -0.1) is 0 Å². The van der Waals surface area contributed by atoms with Gasteiger partial charge in [-0.25, -0.2) is 4.39 Å². The van der Waals surface area contributed by atoms with Crippen LogP contribution in [0.3, 0.4) is 0 Å². The molecule has 1 saturated heterocycles. The first-order chi connectivity index (χ1) is 15.7. The van der Waals surface area contributed by atoms with E-state index in [1.807, 2.05) is 19.0 Å².